The summed E-state index contributed by atoms with van der Waals surface area (Å²) in [5.74, 6) is -0.829. The van der Waals surface area contributed by atoms with Crippen LogP contribution >= 0.6 is 0 Å². The lowest BCUT2D eigenvalue weighted by Crippen LogP contribution is -2.27. The Balaban J connectivity index is 1.99. The normalized spacial score (nSPS) is 16.0. The third-order valence-corrected chi connectivity index (χ3v) is 4.11. The minimum Gasteiger partial charge on any atom is -0.496 e. The molecular formula is C17H23NO4. The molecule has 1 N–H and O–H groups in total. The molecule has 1 aromatic carbocycles. The average Bonchev–Trinajstić information content (AvgIpc) is 2.80. The van der Waals surface area contributed by atoms with Crippen LogP contribution in [0.4, 0.5) is 0 Å². The van der Waals surface area contributed by atoms with E-state index in [-0.39, 0.29) is 17.1 Å². The van der Waals surface area contributed by atoms with E-state index in [1.54, 1.807) is 12.1 Å². The highest BCUT2D eigenvalue weighted by Gasteiger charge is 2.16. The molecular weight excluding hydrogens is 282 g/mol. The summed E-state index contributed by atoms with van der Waals surface area (Å²) >= 11 is 0. The van der Waals surface area contributed by atoms with Gasteiger partial charge in [-0.3, -0.25) is 4.79 Å². The highest BCUT2D eigenvalue weighted by Crippen LogP contribution is 2.21. The van der Waals surface area contributed by atoms with Crippen LogP contribution < -0.4 is 4.74 Å². The summed E-state index contributed by atoms with van der Waals surface area (Å²) in [6.45, 7) is 2.85. The van der Waals surface area contributed by atoms with Crippen molar-refractivity contribution in [2.75, 3.05) is 26.7 Å². The van der Waals surface area contributed by atoms with Gasteiger partial charge in [-0.05, 0) is 44.1 Å². The second-order valence-corrected chi connectivity index (χ2v) is 5.65. The van der Waals surface area contributed by atoms with E-state index in [0.717, 1.165) is 19.6 Å². The molecule has 0 saturated carbocycles. The van der Waals surface area contributed by atoms with Gasteiger partial charge in [0.25, 0.3) is 0 Å². The summed E-state index contributed by atoms with van der Waals surface area (Å²) in [6.07, 6.45) is 5.35. The molecule has 0 atom stereocenters. The van der Waals surface area contributed by atoms with Crippen LogP contribution in [0.5, 0.6) is 5.75 Å². The number of likely N-dealkylation sites (tertiary alicyclic amines) is 1. The number of Topliss-reactive ketones (excluding diaryl/α,β-unsaturated/α-hetero) is 1. The van der Waals surface area contributed by atoms with Crippen LogP contribution in [0.1, 0.15) is 52.8 Å². The van der Waals surface area contributed by atoms with Crippen LogP contribution in [-0.4, -0.2) is 48.5 Å². The molecule has 0 amide bonds. The van der Waals surface area contributed by atoms with Crippen molar-refractivity contribution in [1.29, 1.82) is 0 Å². The number of hydrogen-bond donors (Lipinski definition) is 1. The Bertz CT molecular complexity index is 533. The third kappa shape index (κ3) is 4.31. The minimum atomic E-state index is -1.08. The lowest BCUT2D eigenvalue weighted by molar-refractivity contribution is 0.0693. The number of methoxy groups -OCH3 is 1. The van der Waals surface area contributed by atoms with Gasteiger partial charge in [0.05, 0.1) is 7.11 Å². The van der Waals surface area contributed by atoms with Gasteiger partial charge in [0.15, 0.2) is 5.78 Å². The van der Waals surface area contributed by atoms with Crippen LogP contribution in [0.15, 0.2) is 18.2 Å². The summed E-state index contributed by atoms with van der Waals surface area (Å²) in [7, 11) is 1.42. The van der Waals surface area contributed by atoms with Crippen molar-refractivity contribution >= 4 is 11.8 Å². The second kappa shape index (κ2) is 7.94. The van der Waals surface area contributed by atoms with Gasteiger partial charge < -0.3 is 14.7 Å². The van der Waals surface area contributed by atoms with Crippen molar-refractivity contribution in [2.45, 2.75) is 32.1 Å². The number of hydrogen-bond acceptors (Lipinski definition) is 4. The van der Waals surface area contributed by atoms with Crippen molar-refractivity contribution in [2.24, 2.45) is 0 Å². The molecule has 0 bridgehead atoms. The molecule has 0 radical (unpaired) electrons. The Labute approximate surface area is 130 Å². The molecule has 0 aliphatic carbocycles. The second-order valence-electron chi connectivity index (χ2n) is 5.65. The molecule has 1 saturated heterocycles. The maximum absolute atomic E-state index is 12.3. The van der Waals surface area contributed by atoms with Gasteiger partial charge in [-0.1, -0.05) is 12.8 Å². The predicted molar refractivity (Wildman–Crippen MR) is 83.8 cm³/mol. The fourth-order valence-corrected chi connectivity index (χ4v) is 2.81. The van der Waals surface area contributed by atoms with Gasteiger partial charge in [-0.25, -0.2) is 4.79 Å². The first-order chi connectivity index (χ1) is 10.6. The number of ether oxygens (including phenoxy) is 1. The number of rotatable bonds is 6. The number of nitrogens with zero attached hydrogens (tertiary/aromatic N) is 1. The number of carbonyl (C=O) groups excluding carboxylic acids is 1. The first kappa shape index (κ1) is 16.5. The van der Waals surface area contributed by atoms with Crippen molar-refractivity contribution in [3.05, 3.63) is 29.3 Å². The molecule has 120 valence electrons. The first-order valence-electron chi connectivity index (χ1n) is 7.78. The lowest BCUT2D eigenvalue weighted by atomic mass is 10.0. The number of ketones is 1. The molecule has 0 unspecified atom stereocenters. The fraction of sp³-hybridized carbons (Fsp3) is 0.529. The molecule has 1 heterocycles. The maximum atomic E-state index is 12.3. The predicted octanol–water partition coefficient (Wildman–Crippen LogP) is 2.84. The first-order valence-corrected chi connectivity index (χ1v) is 7.78. The van der Waals surface area contributed by atoms with Crippen LogP contribution in [0.3, 0.4) is 0 Å². The zero-order chi connectivity index (χ0) is 15.9. The molecule has 1 aliphatic heterocycles. The third-order valence-electron chi connectivity index (χ3n) is 4.11. The molecule has 22 heavy (non-hydrogen) atoms. The number of carboxylic acid groups (broad SMARTS) is 1. The summed E-state index contributed by atoms with van der Waals surface area (Å²) in [6, 6.07) is 4.59. The SMILES string of the molecule is COc1ccc(C(=O)CCN2CCCCCC2)cc1C(=O)O. The summed E-state index contributed by atoms with van der Waals surface area (Å²) in [4.78, 5) is 25.8. The van der Waals surface area contributed by atoms with Crippen molar-refractivity contribution in [1.82, 2.24) is 4.90 Å². The average molecular weight is 305 g/mol. The van der Waals surface area contributed by atoms with E-state index < -0.39 is 5.97 Å². The van der Waals surface area contributed by atoms with Gasteiger partial charge in [0.2, 0.25) is 0 Å². The smallest absolute Gasteiger partial charge is 0.339 e. The largest absolute Gasteiger partial charge is 0.496 e. The number of carboxylic acids is 1. The molecule has 1 aromatic rings. The zero-order valence-electron chi connectivity index (χ0n) is 13.0. The molecule has 5 nitrogen and oxygen atoms in total. The van der Waals surface area contributed by atoms with E-state index in [2.05, 4.69) is 4.90 Å². The van der Waals surface area contributed by atoms with Gasteiger partial charge in [0.1, 0.15) is 11.3 Å². The summed E-state index contributed by atoms with van der Waals surface area (Å²) in [5.41, 5.74) is 0.469. The molecule has 1 aliphatic rings. The van der Waals surface area contributed by atoms with E-state index in [0.29, 0.717) is 12.0 Å². The van der Waals surface area contributed by atoms with Crippen molar-refractivity contribution in [3.63, 3.8) is 0 Å². The van der Waals surface area contributed by atoms with Crippen LogP contribution in [0.25, 0.3) is 0 Å². The van der Waals surface area contributed by atoms with Crippen molar-refractivity contribution in [3.8, 4) is 5.75 Å². The maximum Gasteiger partial charge on any atom is 0.339 e. The van der Waals surface area contributed by atoms with Crippen LogP contribution in [-0.2, 0) is 0 Å². The van der Waals surface area contributed by atoms with E-state index in [1.165, 1.54) is 38.9 Å². The topological polar surface area (TPSA) is 66.8 Å². The van der Waals surface area contributed by atoms with E-state index in [1.807, 2.05) is 0 Å². The summed E-state index contributed by atoms with van der Waals surface area (Å²) < 4.78 is 5.01. The Morgan fingerprint density at radius 1 is 1.18 bits per heavy atom. The number of benzene rings is 1. The molecule has 5 heteroatoms. The standard InChI is InChI=1S/C17H23NO4/c1-22-16-7-6-13(12-14(16)17(20)21)15(19)8-11-18-9-4-2-3-5-10-18/h6-7,12H,2-5,8-11H2,1H3,(H,20,21). The quantitative estimate of drug-likeness (QED) is 0.819. The van der Waals surface area contributed by atoms with Gasteiger partial charge in [-0.15, -0.1) is 0 Å². The van der Waals surface area contributed by atoms with Gasteiger partial charge in [0, 0.05) is 18.5 Å². The minimum absolute atomic E-state index is 0.0191. The molecule has 0 spiro atoms. The summed E-state index contributed by atoms with van der Waals surface area (Å²) in [5, 5.41) is 9.17. The van der Waals surface area contributed by atoms with E-state index in [9.17, 15) is 9.59 Å². The van der Waals surface area contributed by atoms with E-state index in [4.69, 9.17) is 9.84 Å². The van der Waals surface area contributed by atoms with E-state index >= 15 is 0 Å². The Hall–Kier alpha value is -1.88. The van der Waals surface area contributed by atoms with Crippen LogP contribution in [0, 0.1) is 0 Å². The Morgan fingerprint density at radius 2 is 1.86 bits per heavy atom. The van der Waals surface area contributed by atoms with Gasteiger partial charge in [-0.2, -0.15) is 0 Å². The van der Waals surface area contributed by atoms with Gasteiger partial charge >= 0.3 is 5.97 Å². The Kier molecular flexibility index (Phi) is 5.95. The Morgan fingerprint density at radius 3 is 2.45 bits per heavy atom. The van der Waals surface area contributed by atoms with Crippen LogP contribution in [0.2, 0.25) is 0 Å². The number of carbonyl (C=O) groups is 2. The molecule has 1 fully saturated rings. The lowest BCUT2D eigenvalue weighted by Gasteiger charge is -2.19. The monoisotopic (exact) mass is 305 g/mol. The highest BCUT2D eigenvalue weighted by molar-refractivity contribution is 6.00. The molecule has 0 aromatic heterocycles. The fourth-order valence-electron chi connectivity index (χ4n) is 2.81. The van der Waals surface area contributed by atoms with Crippen molar-refractivity contribution < 1.29 is 19.4 Å². The number of aromatic carboxylic acids is 1. The molecule has 2 rings (SSSR count). The zero-order valence-corrected chi connectivity index (χ0v) is 13.0. The highest BCUT2D eigenvalue weighted by atomic mass is 16.5.